The van der Waals surface area contributed by atoms with Crippen LogP contribution in [-0.2, 0) is 6.54 Å². The van der Waals surface area contributed by atoms with Gasteiger partial charge in [0, 0.05) is 29.5 Å². The van der Waals surface area contributed by atoms with E-state index in [1.807, 2.05) is 24.3 Å². The van der Waals surface area contributed by atoms with Crippen LogP contribution in [0.15, 0.2) is 45.9 Å². The molecule has 2 aromatic rings. The predicted molar refractivity (Wildman–Crippen MR) is 78.2 cm³/mol. The number of aromatic nitrogens is 2. The summed E-state index contributed by atoms with van der Waals surface area (Å²) in [6.45, 7) is 0.594. The van der Waals surface area contributed by atoms with Gasteiger partial charge in [0.05, 0.1) is 0 Å². The number of nitrogens with one attached hydrogen (secondary N) is 1. The number of hydrogen-bond donors (Lipinski definition) is 1. The number of rotatable bonds is 4. The molecule has 0 spiro atoms. The summed E-state index contributed by atoms with van der Waals surface area (Å²) in [5.74, 6) is 0.425. The average molecular weight is 320 g/mol. The highest BCUT2D eigenvalue weighted by Crippen LogP contribution is 2.33. The topological polar surface area (TPSA) is 46.9 Å². The summed E-state index contributed by atoms with van der Waals surface area (Å²) in [4.78, 5) is 16.3. The Bertz CT molecular complexity index is 649. The molecule has 0 bridgehead atoms. The molecule has 3 rings (SSSR count). The summed E-state index contributed by atoms with van der Waals surface area (Å²) < 4.78 is 2.80. The first-order valence-electron chi connectivity index (χ1n) is 6.29. The number of hydrogen-bond acceptors (Lipinski definition) is 3. The van der Waals surface area contributed by atoms with E-state index in [0.29, 0.717) is 18.4 Å². The van der Waals surface area contributed by atoms with Gasteiger partial charge < -0.3 is 9.88 Å². The molecule has 4 nitrogen and oxygen atoms in total. The smallest absolute Gasteiger partial charge is 0.293 e. The van der Waals surface area contributed by atoms with Gasteiger partial charge in [0.25, 0.3) is 5.56 Å². The molecule has 1 aliphatic carbocycles. The highest BCUT2D eigenvalue weighted by molar-refractivity contribution is 9.10. The minimum atomic E-state index is -0.0278. The number of nitrogens with zero attached hydrogens (tertiary/aromatic N) is 2. The molecule has 0 unspecified atom stereocenters. The van der Waals surface area contributed by atoms with Crippen LogP contribution in [0.5, 0.6) is 0 Å². The SMILES string of the molecule is O=c1c(NCc2cccc(Br)c2)nccn1C1CC1. The quantitative estimate of drug-likeness (QED) is 0.942. The van der Waals surface area contributed by atoms with E-state index in [9.17, 15) is 4.79 Å². The van der Waals surface area contributed by atoms with Crippen LogP contribution in [0.1, 0.15) is 24.4 Å². The number of benzene rings is 1. The summed E-state index contributed by atoms with van der Waals surface area (Å²) >= 11 is 3.43. The molecule has 1 aliphatic rings. The third-order valence-electron chi connectivity index (χ3n) is 3.16. The molecule has 1 aromatic carbocycles. The molecule has 98 valence electrons. The molecular formula is C14H14BrN3O. The van der Waals surface area contributed by atoms with E-state index in [0.717, 1.165) is 22.9 Å². The van der Waals surface area contributed by atoms with Gasteiger partial charge in [-0.05, 0) is 30.5 Å². The fraction of sp³-hybridized carbons (Fsp3) is 0.286. The van der Waals surface area contributed by atoms with E-state index < -0.39 is 0 Å². The van der Waals surface area contributed by atoms with Gasteiger partial charge in [0.2, 0.25) is 0 Å². The number of anilines is 1. The predicted octanol–water partition coefficient (Wildman–Crippen LogP) is 2.95. The zero-order valence-corrected chi connectivity index (χ0v) is 11.9. The van der Waals surface area contributed by atoms with Crippen LogP contribution < -0.4 is 10.9 Å². The fourth-order valence-electron chi connectivity index (χ4n) is 2.02. The Morgan fingerprint density at radius 2 is 2.26 bits per heavy atom. The maximum Gasteiger partial charge on any atom is 0.293 e. The average Bonchev–Trinajstić information content (AvgIpc) is 3.22. The third kappa shape index (κ3) is 2.87. The van der Waals surface area contributed by atoms with Crippen LogP contribution in [0, 0.1) is 0 Å². The van der Waals surface area contributed by atoms with Crippen molar-refractivity contribution in [2.45, 2.75) is 25.4 Å². The second kappa shape index (κ2) is 5.17. The Labute approximate surface area is 119 Å². The van der Waals surface area contributed by atoms with Gasteiger partial charge in [-0.2, -0.15) is 0 Å². The van der Waals surface area contributed by atoms with Crippen LogP contribution in [0.2, 0.25) is 0 Å². The minimum Gasteiger partial charge on any atom is -0.361 e. The lowest BCUT2D eigenvalue weighted by atomic mass is 10.2. The molecule has 0 radical (unpaired) electrons. The van der Waals surface area contributed by atoms with Crippen molar-refractivity contribution < 1.29 is 0 Å². The van der Waals surface area contributed by atoms with Gasteiger partial charge in [-0.1, -0.05) is 28.1 Å². The van der Waals surface area contributed by atoms with Gasteiger partial charge in [-0.25, -0.2) is 4.98 Å². The second-order valence-electron chi connectivity index (χ2n) is 4.70. The van der Waals surface area contributed by atoms with Crippen molar-refractivity contribution in [3.8, 4) is 0 Å². The van der Waals surface area contributed by atoms with Gasteiger partial charge in [-0.3, -0.25) is 4.79 Å². The monoisotopic (exact) mass is 319 g/mol. The molecule has 1 aromatic heterocycles. The molecule has 1 heterocycles. The summed E-state index contributed by atoms with van der Waals surface area (Å²) in [6, 6.07) is 8.36. The van der Waals surface area contributed by atoms with Crippen LogP contribution in [0.3, 0.4) is 0 Å². The van der Waals surface area contributed by atoms with E-state index >= 15 is 0 Å². The van der Waals surface area contributed by atoms with E-state index in [1.54, 1.807) is 17.0 Å². The van der Waals surface area contributed by atoms with Crippen molar-refractivity contribution in [2.24, 2.45) is 0 Å². The zero-order chi connectivity index (χ0) is 13.2. The Morgan fingerprint density at radius 3 is 3.00 bits per heavy atom. The summed E-state index contributed by atoms with van der Waals surface area (Å²) in [6.07, 6.45) is 5.64. The molecule has 1 N–H and O–H groups in total. The Balaban J connectivity index is 1.77. The molecule has 19 heavy (non-hydrogen) atoms. The first-order chi connectivity index (χ1) is 9.24. The first-order valence-corrected chi connectivity index (χ1v) is 7.09. The van der Waals surface area contributed by atoms with Crippen molar-refractivity contribution in [1.29, 1.82) is 0 Å². The fourth-order valence-corrected chi connectivity index (χ4v) is 2.47. The van der Waals surface area contributed by atoms with Crippen molar-refractivity contribution in [2.75, 3.05) is 5.32 Å². The highest BCUT2D eigenvalue weighted by atomic mass is 79.9. The maximum absolute atomic E-state index is 12.2. The molecule has 0 atom stereocenters. The van der Waals surface area contributed by atoms with Crippen LogP contribution in [0.4, 0.5) is 5.82 Å². The molecular weight excluding hydrogens is 306 g/mol. The summed E-state index contributed by atoms with van der Waals surface area (Å²) in [5.41, 5.74) is 1.08. The van der Waals surface area contributed by atoms with Crippen molar-refractivity contribution in [3.63, 3.8) is 0 Å². The van der Waals surface area contributed by atoms with E-state index in [-0.39, 0.29) is 5.56 Å². The third-order valence-corrected chi connectivity index (χ3v) is 3.65. The highest BCUT2D eigenvalue weighted by Gasteiger charge is 2.25. The van der Waals surface area contributed by atoms with Crippen LogP contribution in [0.25, 0.3) is 0 Å². The lowest BCUT2D eigenvalue weighted by Crippen LogP contribution is -2.23. The maximum atomic E-state index is 12.2. The molecule has 0 aliphatic heterocycles. The Hall–Kier alpha value is -1.62. The molecule has 0 saturated heterocycles. The van der Waals surface area contributed by atoms with Crippen molar-refractivity contribution >= 4 is 21.7 Å². The lowest BCUT2D eigenvalue weighted by molar-refractivity contribution is 0.699. The Morgan fingerprint density at radius 1 is 1.42 bits per heavy atom. The van der Waals surface area contributed by atoms with Gasteiger partial charge in [0.15, 0.2) is 5.82 Å². The minimum absolute atomic E-state index is 0.0278. The van der Waals surface area contributed by atoms with Crippen LogP contribution in [-0.4, -0.2) is 9.55 Å². The standard InChI is InChI=1S/C14H14BrN3O/c15-11-3-1-2-10(8-11)9-17-13-14(19)18(7-6-16-13)12-4-5-12/h1-3,6-8,12H,4-5,9H2,(H,16,17). The Kier molecular flexibility index (Phi) is 3.38. The van der Waals surface area contributed by atoms with Gasteiger partial charge in [0.1, 0.15) is 0 Å². The molecule has 1 fully saturated rings. The zero-order valence-electron chi connectivity index (χ0n) is 10.3. The molecule has 0 amide bonds. The van der Waals surface area contributed by atoms with E-state index in [1.165, 1.54) is 0 Å². The largest absolute Gasteiger partial charge is 0.361 e. The van der Waals surface area contributed by atoms with Crippen molar-refractivity contribution in [1.82, 2.24) is 9.55 Å². The molecule has 1 saturated carbocycles. The van der Waals surface area contributed by atoms with Gasteiger partial charge >= 0.3 is 0 Å². The summed E-state index contributed by atoms with van der Waals surface area (Å²) in [5, 5.41) is 3.11. The normalized spacial score (nSPS) is 14.4. The van der Waals surface area contributed by atoms with Crippen LogP contribution >= 0.6 is 15.9 Å². The lowest BCUT2D eigenvalue weighted by Gasteiger charge is -2.08. The summed E-state index contributed by atoms with van der Waals surface area (Å²) in [7, 11) is 0. The first kappa shape index (κ1) is 12.4. The van der Waals surface area contributed by atoms with Gasteiger partial charge in [-0.15, -0.1) is 0 Å². The number of halogens is 1. The van der Waals surface area contributed by atoms with Crippen molar-refractivity contribution in [3.05, 3.63) is 57.0 Å². The molecule has 5 heteroatoms. The second-order valence-corrected chi connectivity index (χ2v) is 5.62. The van der Waals surface area contributed by atoms with E-state index in [4.69, 9.17) is 0 Å². The van der Waals surface area contributed by atoms with E-state index in [2.05, 4.69) is 26.2 Å².